The molecule has 132 valence electrons. The van der Waals surface area contributed by atoms with E-state index in [0.717, 1.165) is 36.1 Å². The summed E-state index contributed by atoms with van der Waals surface area (Å²) < 4.78 is 5.80. The Balaban J connectivity index is 1.44. The summed E-state index contributed by atoms with van der Waals surface area (Å²) in [5.41, 5.74) is 3.93. The molecule has 1 N–H and O–H groups in total. The largest absolute Gasteiger partial charge is 0.489 e. The molecular formula is C23H22O3. The second-order valence-electron chi connectivity index (χ2n) is 6.27. The van der Waals surface area contributed by atoms with Crippen LogP contribution in [0.15, 0.2) is 78.9 Å². The van der Waals surface area contributed by atoms with Gasteiger partial charge in [0, 0.05) is 0 Å². The fourth-order valence-electron chi connectivity index (χ4n) is 2.80. The van der Waals surface area contributed by atoms with Crippen molar-refractivity contribution in [3.63, 3.8) is 0 Å². The standard InChI is InChI=1S/C23H22O3/c24-23(25)21-13-9-18(10-14-21)7-4-8-19-11-15-22(16-12-19)26-17-20-5-2-1-3-6-20/h1-3,5-6,9-16H,4,7-8,17H2,(H,24,25). The summed E-state index contributed by atoms with van der Waals surface area (Å²) in [5.74, 6) is -0.00649. The van der Waals surface area contributed by atoms with Gasteiger partial charge in [-0.1, -0.05) is 54.6 Å². The van der Waals surface area contributed by atoms with Crippen LogP contribution in [0.4, 0.5) is 0 Å². The predicted molar refractivity (Wildman–Crippen MR) is 103 cm³/mol. The van der Waals surface area contributed by atoms with Gasteiger partial charge < -0.3 is 9.84 Å². The summed E-state index contributed by atoms with van der Waals surface area (Å²) in [4.78, 5) is 10.9. The number of carbonyl (C=O) groups is 1. The Morgan fingerprint density at radius 2 is 1.31 bits per heavy atom. The summed E-state index contributed by atoms with van der Waals surface area (Å²) in [6.07, 6.45) is 2.95. The SMILES string of the molecule is O=C(O)c1ccc(CCCc2ccc(OCc3ccccc3)cc2)cc1. The summed E-state index contributed by atoms with van der Waals surface area (Å²) in [6.45, 7) is 0.576. The van der Waals surface area contributed by atoms with Crippen LogP contribution in [-0.2, 0) is 19.4 Å². The molecule has 0 saturated carbocycles. The average Bonchev–Trinajstić information content (AvgIpc) is 2.68. The third-order valence-corrected chi connectivity index (χ3v) is 4.30. The van der Waals surface area contributed by atoms with Crippen molar-refractivity contribution in [2.75, 3.05) is 0 Å². The second-order valence-corrected chi connectivity index (χ2v) is 6.27. The first-order valence-electron chi connectivity index (χ1n) is 8.78. The van der Waals surface area contributed by atoms with Gasteiger partial charge in [0.1, 0.15) is 12.4 Å². The van der Waals surface area contributed by atoms with Gasteiger partial charge in [0.2, 0.25) is 0 Å². The van der Waals surface area contributed by atoms with Gasteiger partial charge in [0.25, 0.3) is 0 Å². The highest BCUT2D eigenvalue weighted by Crippen LogP contribution is 2.16. The quantitative estimate of drug-likeness (QED) is 0.614. The molecule has 3 heteroatoms. The molecule has 0 spiro atoms. The second kappa shape index (κ2) is 8.86. The molecule has 0 fully saturated rings. The highest BCUT2D eigenvalue weighted by Gasteiger charge is 2.02. The molecule has 0 saturated heterocycles. The van der Waals surface area contributed by atoms with E-state index < -0.39 is 5.97 Å². The van der Waals surface area contributed by atoms with Crippen molar-refractivity contribution >= 4 is 5.97 Å². The molecule has 3 nitrogen and oxygen atoms in total. The maximum atomic E-state index is 10.9. The Hall–Kier alpha value is -3.07. The van der Waals surface area contributed by atoms with Gasteiger partial charge in [-0.2, -0.15) is 0 Å². The van der Waals surface area contributed by atoms with Gasteiger partial charge in [-0.05, 0) is 60.2 Å². The highest BCUT2D eigenvalue weighted by molar-refractivity contribution is 5.87. The zero-order chi connectivity index (χ0) is 18.2. The van der Waals surface area contributed by atoms with E-state index in [2.05, 4.69) is 24.3 Å². The fourth-order valence-corrected chi connectivity index (χ4v) is 2.80. The van der Waals surface area contributed by atoms with E-state index in [1.165, 1.54) is 5.56 Å². The lowest BCUT2D eigenvalue weighted by Crippen LogP contribution is -1.97. The van der Waals surface area contributed by atoms with Gasteiger partial charge in [-0.3, -0.25) is 0 Å². The van der Waals surface area contributed by atoms with E-state index in [1.54, 1.807) is 12.1 Å². The van der Waals surface area contributed by atoms with E-state index >= 15 is 0 Å². The van der Waals surface area contributed by atoms with E-state index in [1.807, 2.05) is 42.5 Å². The maximum Gasteiger partial charge on any atom is 0.335 e. The number of carboxylic acid groups (broad SMARTS) is 1. The number of aromatic carboxylic acids is 1. The minimum absolute atomic E-state index is 0.333. The minimum Gasteiger partial charge on any atom is -0.489 e. The molecule has 0 atom stereocenters. The Labute approximate surface area is 153 Å². The van der Waals surface area contributed by atoms with Crippen LogP contribution in [-0.4, -0.2) is 11.1 Å². The lowest BCUT2D eigenvalue weighted by atomic mass is 10.0. The van der Waals surface area contributed by atoms with Gasteiger partial charge in [0.05, 0.1) is 5.56 Å². The number of hydrogen-bond donors (Lipinski definition) is 1. The van der Waals surface area contributed by atoms with Crippen LogP contribution in [0, 0.1) is 0 Å². The van der Waals surface area contributed by atoms with Crippen LogP contribution in [0.2, 0.25) is 0 Å². The lowest BCUT2D eigenvalue weighted by Gasteiger charge is -2.08. The Morgan fingerprint density at radius 3 is 1.88 bits per heavy atom. The van der Waals surface area contributed by atoms with Crippen molar-refractivity contribution < 1.29 is 14.6 Å². The first kappa shape index (κ1) is 17.7. The zero-order valence-electron chi connectivity index (χ0n) is 14.6. The normalized spacial score (nSPS) is 10.5. The number of aryl methyl sites for hydroxylation is 2. The average molecular weight is 346 g/mol. The van der Waals surface area contributed by atoms with Gasteiger partial charge in [-0.25, -0.2) is 4.79 Å². The number of ether oxygens (including phenoxy) is 1. The van der Waals surface area contributed by atoms with Crippen molar-refractivity contribution in [1.82, 2.24) is 0 Å². The number of hydrogen-bond acceptors (Lipinski definition) is 2. The number of benzene rings is 3. The first-order valence-corrected chi connectivity index (χ1v) is 8.78. The van der Waals surface area contributed by atoms with E-state index in [0.29, 0.717) is 12.2 Å². The van der Waals surface area contributed by atoms with Crippen molar-refractivity contribution in [3.8, 4) is 5.75 Å². The van der Waals surface area contributed by atoms with Crippen LogP contribution < -0.4 is 4.74 Å². The maximum absolute atomic E-state index is 10.9. The van der Waals surface area contributed by atoms with Crippen molar-refractivity contribution in [3.05, 3.63) is 101 Å². The molecule has 0 aliphatic carbocycles. The predicted octanol–water partition coefficient (Wildman–Crippen LogP) is 5.14. The summed E-state index contributed by atoms with van der Waals surface area (Å²) in [5, 5.41) is 8.92. The monoisotopic (exact) mass is 346 g/mol. The molecule has 0 heterocycles. The molecule has 0 amide bonds. The fraction of sp³-hybridized carbons (Fsp3) is 0.174. The Morgan fingerprint density at radius 1 is 0.731 bits per heavy atom. The summed E-state index contributed by atoms with van der Waals surface area (Å²) in [7, 11) is 0. The smallest absolute Gasteiger partial charge is 0.335 e. The molecule has 0 radical (unpaired) electrons. The van der Waals surface area contributed by atoms with Gasteiger partial charge in [-0.15, -0.1) is 0 Å². The molecule has 0 aliphatic heterocycles. The minimum atomic E-state index is -0.883. The third-order valence-electron chi connectivity index (χ3n) is 4.30. The first-order chi connectivity index (χ1) is 12.7. The Bertz CT molecular complexity index is 822. The van der Waals surface area contributed by atoms with Crippen molar-refractivity contribution in [2.45, 2.75) is 25.9 Å². The van der Waals surface area contributed by atoms with E-state index in [-0.39, 0.29) is 0 Å². The van der Waals surface area contributed by atoms with Gasteiger partial charge in [0.15, 0.2) is 0 Å². The highest BCUT2D eigenvalue weighted by atomic mass is 16.5. The third kappa shape index (κ3) is 5.21. The van der Waals surface area contributed by atoms with Crippen LogP contribution in [0.25, 0.3) is 0 Å². The van der Waals surface area contributed by atoms with E-state index in [4.69, 9.17) is 9.84 Å². The molecule has 3 aromatic carbocycles. The lowest BCUT2D eigenvalue weighted by molar-refractivity contribution is 0.0697. The van der Waals surface area contributed by atoms with Crippen LogP contribution in [0.5, 0.6) is 5.75 Å². The zero-order valence-corrected chi connectivity index (χ0v) is 14.6. The molecule has 0 unspecified atom stereocenters. The van der Waals surface area contributed by atoms with Crippen LogP contribution in [0.1, 0.15) is 33.5 Å². The molecule has 26 heavy (non-hydrogen) atoms. The number of rotatable bonds is 8. The van der Waals surface area contributed by atoms with Gasteiger partial charge >= 0.3 is 5.97 Å². The topological polar surface area (TPSA) is 46.5 Å². The Kier molecular flexibility index (Phi) is 6.05. The summed E-state index contributed by atoms with van der Waals surface area (Å²) >= 11 is 0. The molecule has 0 aromatic heterocycles. The van der Waals surface area contributed by atoms with Crippen molar-refractivity contribution in [2.24, 2.45) is 0 Å². The van der Waals surface area contributed by atoms with E-state index in [9.17, 15) is 4.79 Å². The molecule has 0 aliphatic rings. The number of carboxylic acids is 1. The van der Waals surface area contributed by atoms with Crippen LogP contribution >= 0.6 is 0 Å². The molecule has 3 aromatic rings. The molecule has 0 bridgehead atoms. The van der Waals surface area contributed by atoms with Crippen molar-refractivity contribution in [1.29, 1.82) is 0 Å². The van der Waals surface area contributed by atoms with Crippen LogP contribution in [0.3, 0.4) is 0 Å². The molecular weight excluding hydrogens is 324 g/mol. The summed E-state index contributed by atoms with van der Waals surface area (Å²) in [6, 6.07) is 25.5. The molecule has 3 rings (SSSR count).